The van der Waals surface area contributed by atoms with Crippen molar-refractivity contribution in [2.45, 2.75) is 26.3 Å². The van der Waals surface area contributed by atoms with E-state index in [1.807, 2.05) is 23.8 Å². The Kier molecular flexibility index (Phi) is 4.71. The van der Waals surface area contributed by atoms with E-state index >= 15 is 0 Å². The molecule has 6 heteroatoms. The van der Waals surface area contributed by atoms with Gasteiger partial charge in [0.05, 0.1) is 13.1 Å². The van der Waals surface area contributed by atoms with Crippen LogP contribution < -0.4 is 0 Å². The Labute approximate surface area is 118 Å². The van der Waals surface area contributed by atoms with E-state index in [9.17, 15) is 4.79 Å². The molecule has 0 bridgehead atoms. The van der Waals surface area contributed by atoms with Gasteiger partial charge in [-0.05, 0) is 32.9 Å². The van der Waals surface area contributed by atoms with Gasteiger partial charge < -0.3 is 4.90 Å². The minimum atomic E-state index is 0.179. The Bertz CT molecular complexity index is 440. The predicted molar refractivity (Wildman–Crippen MR) is 73.9 cm³/mol. The van der Waals surface area contributed by atoms with Crippen molar-refractivity contribution in [1.82, 2.24) is 19.8 Å². The molecule has 0 N–H and O–H groups in total. The molecule has 1 saturated heterocycles. The Morgan fingerprint density at radius 1 is 1.42 bits per heavy atom. The second-order valence-corrected chi connectivity index (χ2v) is 5.40. The number of hydrogen-bond acceptors (Lipinski definition) is 4. The monoisotopic (exact) mass is 282 g/mol. The van der Waals surface area contributed by atoms with Crippen LogP contribution in [0.3, 0.4) is 0 Å². The molecule has 1 aromatic heterocycles. The molecule has 0 spiro atoms. The first-order valence-electron chi connectivity index (χ1n) is 6.51. The van der Waals surface area contributed by atoms with E-state index in [0.717, 1.165) is 31.6 Å². The molecule has 1 aliphatic heterocycles. The van der Waals surface area contributed by atoms with Crippen LogP contribution in [-0.2, 0) is 11.3 Å². The molecule has 104 valence electrons. The van der Waals surface area contributed by atoms with Gasteiger partial charge in [-0.1, -0.05) is 11.6 Å². The number of rotatable bonds is 4. The smallest absolute Gasteiger partial charge is 0.236 e. The van der Waals surface area contributed by atoms with Crippen molar-refractivity contribution in [1.29, 1.82) is 0 Å². The van der Waals surface area contributed by atoms with E-state index in [1.165, 1.54) is 0 Å². The standard InChI is InChI=1S/C13H19ClN4O/c1-10-7-11(14)16-12(15-10)8-17(2)9-13(19)18-5-3-4-6-18/h7H,3-6,8-9H2,1-2H3. The fourth-order valence-electron chi connectivity index (χ4n) is 2.25. The number of carbonyl (C=O) groups is 1. The highest BCUT2D eigenvalue weighted by Crippen LogP contribution is 2.10. The molecule has 0 atom stereocenters. The molecule has 0 aliphatic carbocycles. The molecule has 1 fully saturated rings. The van der Waals surface area contributed by atoms with Crippen molar-refractivity contribution >= 4 is 17.5 Å². The minimum Gasteiger partial charge on any atom is -0.342 e. The van der Waals surface area contributed by atoms with Gasteiger partial charge in [-0.2, -0.15) is 0 Å². The lowest BCUT2D eigenvalue weighted by Gasteiger charge is -2.20. The van der Waals surface area contributed by atoms with Gasteiger partial charge in [-0.15, -0.1) is 0 Å². The summed E-state index contributed by atoms with van der Waals surface area (Å²) in [5, 5.41) is 0.446. The van der Waals surface area contributed by atoms with Crippen molar-refractivity contribution < 1.29 is 4.79 Å². The van der Waals surface area contributed by atoms with Gasteiger partial charge in [0.15, 0.2) is 0 Å². The van der Waals surface area contributed by atoms with E-state index < -0.39 is 0 Å². The number of aromatic nitrogens is 2. The topological polar surface area (TPSA) is 49.3 Å². The summed E-state index contributed by atoms with van der Waals surface area (Å²) >= 11 is 5.90. The molecule has 19 heavy (non-hydrogen) atoms. The van der Waals surface area contributed by atoms with Gasteiger partial charge in [0, 0.05) is 18.8 Å². The van der Waals surface area contributed by atoms with E-state index in [4.69, 9.17) is 11.6 Å². The van der Waals surface area contributed by atoms with Crippen LogP contribution >= 0.6 is 11.6 Å². The first-order chi connectivity index (χ1) is 9.04. The second-order valence-electron chi connectivity index (χ2n) is 5.01. The third-order valence-electron chi connectivity index (χ3n) is 3.14. The minimum absolute atomic E-state index is 0.179. The first-order valence-corrected chi connectivity index (χ1v) is 6.89. The Morgan fingerprint density at radius 3 is 2.74 bits per heavy atom. The van der Waals surface area contributed by atoms with Crippen molar-refractivity contribution in [3.05, 3.63) is 22.7 Å². The van der Waals surface area contributed by atoms with Crippen molar-refractivity contribution in [2.24, 2.45) is 0 Å². The zero-order chi connectivity index (χ0) is 13.8. The van der Waals surface area contributed by atoms with Crippen LogP contribution in [0.15, 0.2) is 6.07 Å². The summed E-state index contributed by atoms with van der Waals surface area (Å²) in [6, 6.07) is 1.72. The molecule has 0 radical (unpaired) electrons. The highest BCUT2D eigenvalue weighted by molar-refractivity contribution is 6.29. The number of halogens is 1. The quantitative estimate of drug-likeness (QED) is 0.785. The number of likely N-dealkylation sites (tertiary alicyclic amines) is 1. The number of amides is 1. The lowest BCUT2D eigenvalue weighted by molar-refractivity contribution is -0.131. The van der Waals surface area contributed by atoms with Gasteiger partial charge in [0.2, 0.25) is 5.91 Å². The predicted octanol–water partition coefficient (Wildman–Crippen LogP) is 1.49. The number of hydrogen-bond donors (Lipinski definition) is 0. The Balaban J connectivity index is 1.89. The van der Waals surface area contributed by atoms with E-state index in [0.29, 0.717) is 24.1 Å². The molecule has 1 aliphatic rings. The van der Waals surface area contributed by atoms with Gasteiger partial charge >= 0.3 is 0 Å². The third-order valence-corrected chi connectivity index (χ3v) is 3.34. The zero-order valence-electron chi connectivity index (χ0n) is 11.4. The lowest BCUT2D eigenvalue weighted by atomic mass is 10.4. The highest BCUT2D eigenvalue weighted by Gasteiger charge is 2.19. The van der Waals surface area contributed by atoms with Crippen LogP contribution in [0.2, 0.25) is 5.15 Å². The number of aryl methyl sites for hydroxylation is 1. The Hall–Kier alpha value is -1.20. The van der Waals surface area contributed by atoms with Gasteiger partial charge in [0.25, 0.3) is 0 Å². The molecule has 1 aromatic rings. The average molecular weight is 283 g/mol. The van der Waals surface area contributed by atoms with Crippen LogP contribution in [-0.4, -0.2) is 52.4 Å². The Morgan fingerprint density at radius 2 is 2.11 bits per heavy atom. The summed E-state index contributed by atoms with van der Waals surface area (Å²) in [6.07, 6.45) is 2.23. The fourth-order valence-corrected chi connectivity index (χ4v) is 2.51. The normalized spacial score (nSPS) is 15.3. The maximum absolute atomic E-state index is 12.0. The molecule has 2 rings (SSSR count). The molecular formula is C13H19ClN4O. The summed E-state index contributed by atoms with van der Waals surface area (Å²) in [6.45, 7) is 4.58. The molecular weight excluding hydrogens is 264 g/mol. The van der Waals surface area contributed by atoms with E-state index in [1.54, 1.807) is 6.07 Å². The second kappa shape index (κ2) is 6.30. The van der Waals surface area contributed by atoms with Crippen LogP contribution in [0.5, 0.6) is 0 Å². The first kappa shape index (κ1) is 14.2. The number of likely N-dealkylation sites (N-methyl/N-ethyl adjacent to an activating group) is 1. The SMILES string of the molecule is Cc1cc(Cl)nc(CN(C)CC(=O)N2CCCC2)n1. The van der Waals surface area contributed by atoms with Crippen LogP contribution in [0, 0.1) is 6.92 Å². The summed E-state index contributed by atoms with van der Waals surface area (Å²) in [5.41, 5.74) is 0.842. The molecule has 0 aromatic carbocycles. The van der Waals surface area contributed by atoms with Gasteiger partial charge in [-0.25, -0.2) is 9.97 Å². The average Bonchev–Trinajstić information content (AvgIpc) is 2.80. The van der Waals surface area contributed by atoms with Crippen LogP contribution in [0.1, 0.15) is 24.4 Å². The molecule has 0 saturated carbocycles. The molecule has 1 amide bonds. The largest absolute Gasteiger partial charge is 0.342 e. The van der Waals surface area contributed by atoms with Crippen LogP contribution in [0.25, 0.3) is 0 Å². The molecule has 5 nitrogen and oxygen atoms in total. The van der Waals surface area contributed by atoms with Crippen molar-refractivity contribution in [2.75, 3.05) is 26.7 Å². The lowest BCUT2D eigenvalue weighted by Crippen LogP contribution is -2.37. The van der Waals surface area contributed by atoms with Gasteiger partial charge in [0.1, 0.15) is 11.0 Å². The van der Waals surface area contributed by atoms with Crippen molar-refractivity contribution in [3.63, 3.8) is 0 Å². The highest BCUT2D eigenvalue weighted by atomic mass is 35.5. The van der Waals surface area contributed by atoms with E-state index in [2.05, 4.69) is 9.97 Å². The van der Waals surface area contributed by atoms with Crippen LogP contribution in [0.4, 0.5) is 0 Å². The van der Waals surface area contributed by atoms with E-state index in [-0.39, 0.29) is 5.91 Å². The summed E-state index contributed by atoms with van der Waals surface area (Å²) in [7, 11) is 1.90. The fraction of sp³-hybridized carbons (Fsp3) is 0.615. The summed E-state index contributed by atoms with van der Waals surface area (Å²) < 4.78 is 0. The zero-order valence-corrected chi connectivity index (χ0v) is 12.2. The maximum Gasteiger partial charge on any atom is 0.236 e. The summed E-state index contributed by atoms with van der Waals surface area (Å²) in [4.78, 5) is 24.3. The third kappa shape index (κ3) is 4.14. The maximum atomic E-state index is 12.0. The molecule has 2 heterocycles. The number of carbonyl (C=O) groups excluding carboxylic acids is 1. The summed E-state index contributed by atoms with van der Waals surface area (Å²) in [5.74, 6) is 0.834. The molecule has 0 unspecified atom stereocenters. The van der Waals surface area contributed by atoms with Crippen molar-refractivity contribution in [3.8, 4) is 0 Å². The van der Waals surface area contributed by atoms with Gasteiger partial charge in [-0.3, -0.25) is 9.69 Å². The number of nitrogens with zero attached hydrogens (tertiary/aromatic N) is 4.